The minimum absolute atomic E-state index is 0.0894. The van der Waals surface area contributed by atoms with Gasteiger partial charge in [-0.15, -0.1) is 11.3 Å². The van der Waals surface area contributed by atoms with E-state index < -0.39 is 0 Å². The van der Waals surface area contributed by atoms with E-state index in [2.05, 4.69) is 10.3 Å². The summed E-state index contributed by atoms with van der Waals surface area (Å²) in [5.41, 5.74) is 2.88. The summed E-state index contributed by atoms with van der Waals surface area (Å²) >= 11 is 1.60. The Morgan fingerprint density at radius 2 is 2.46 bits per heavy atom. The highest BCUT2D eigenvalue weighted by Crippen LogP contribution is 1.99. The van der Waals surface area contributed by atoms with Gasteiger partial charge in [-0.2, -0.15) is 0 Å². The first-order chi connectivity index (χ1) is 6.43. The van der Waals surface area contributed by atoms with E-state index in [1.54, 1.807) is 11.3 Å². The first-order valence-electron chi connectivity index (χ1n) is 4.20. The molecule has 74 valence electrons. The molecule has 0 radical (unpaired) electrons. The molecule has 0 amide bonds. The Balaban J connectivity index is 1.90. The molecule has 0 atom stereocenters. The van der Waals surface area contributed by atoms with E-state index in [0.29, 0.717) is 13.2 Å². The number of aliphatic hydroxyl groups excluding tert-OH is 1. The molecule has 13 heavy (non-hydrogen) atoms. The van der Waals surface area contributed by atoms with Gasteiger partial charge >= 0.3 is 0 Å². The van der Waals surface area contributed by atoms with Crippen LogP contribution in [0.3, 0.4) is 0 Å². The normalized spacial score (nSPS) is 10.5. The monoisotopic (exact) mass is 202 g/mol. The zero-order chi connectivity index (χ0) is 9.36. The van der Waals surface area contributed by atoms with Crippen LogP contribution in [0.2, 0.25) is 0 Å². The second-order valence-corrected chi connectivity index (χ2v) is 3.21. The SMILES string of the molecule is OCCOCCNCc1cscn1. The summed E-state index contributed by atoms with van der Waals surface area (Å²) in [6.07, 6.45) is 0. The average molecular weight is 202 g/mol. The maximum absolute atomic E-state index is 8.42. The largest absolute Gasteiger partial charge is 0.394 e. The van der Waals surface area contributed by atoms with Crippen molar-refractivity contribution in [2.45, 2.75) is 6.54 Å². The van der Waals surface area contributed by atoms with Crippen molar-refractivity contribution in [3.63, 3.8) is 0 Å². The summed E-state index contributed by atoms with van der Waals surface area (Å²) in [7, 11) is 0. The molecule has 0 aliphatic heterocycles. The van der Waals surface area contributed by atoms with Crippen LogP contribution in [0.15, 0.2) is 10.9 Å². The van der Waals surface area contributed by atoms with E-state index in [-0.39, 0.29) is 6.61 Å². The molecule has 4 nitrogen and oxygen atoms in total. The highest BCUT2D eigenvalue weighted by molar-refractivity contribution is 7.07. The van der Waals surface area contributed by atoms with Gasteiger partial charge in [-0.25, -0.2) is 4.98 Å². The summed E-state index contributed by atoms with van der Waals surface area (Å²) in [6, 6.07) is 0. The molecule has 1 aromatic heterocycles. The van der Waals surface area contributed by atoms with Crippen molar-refractivity contribution in [2.75, 3.05) is 26.4 Å². The predicted octanol–water partition coefficient (Wildman–Crippen LogP) is 0.242. The lowest BCUT2D eigenvalue weighted by atomic mass is 10.5. The van der Waals surface area contributed by atoms with Gasteiger partial charge in [0.1, 0.15) is 0 Å². The van der Waals surface area contributed by atoms with Crippen molar-refractivity contribution in [3.8, 4) is 0 Å². The second-order valence-electron chi connectivity index (χ2n) is 2.49. The number of hydrogen-bond acceptors (Lipinski definition) is 5. The summed E-state index contributed by atoms with van der Waals surface area (Å²) in [6.45, 7) is 2.71. The Kier molecular flexibility index (Phi) is 5.67. The first-order valence-corrected chi connectivity index (χ1v) is 5.14. The van der Waals surface area contributed by atoms with Gasteiger partial charge in [0.2, 0.25) is 0 Å². The Morgan fingerprint density at radius 1 is 1.54 bits per heavy atom. The van der Waals surface area contributed by atoms with Crippen molar-refractivity contribution >= 4 is 11.3 Å². The van der Waals surface area contributed by atoms with E-state index in [4.69, 9.17) is 9.84 Å². The van der Waals surface area contributed by atoms with Crippen molar-refractivity contribution in [1.82, 2.24) is 10.3 Å². The van der Waals surface area contributed by atoms with Gasteiger partial charge in [-0.3, -0.25) is 0 Å². The van der Waals surface area contributed by atoms with Gasteiger partial charge in [0.15, 0.2) is 0 Å². The molecule has 1 heterocycles. The zero-order valence-electron chi connectivity index (χ0n) is 7.40. The lowest BCUT2D eigenvalue weighted by molar-refractivity contribution is 0.0937. The minimum Gasteiger partial charge on any atom is -0.394 e. The van der Waals surface area contributed by atoms with Crippen molar-refractivity contribution in [3.05, 3.63) is 16.6 Å². The van der Waals surface area contributed by atoms with Crippen LogP contribution in [0, 0.1) is 0 Å². The molecule has 0 aliphatic rings. The predicted molar refractivity (Wildman–Crippen MR) is 51.7 cm³/mol. The summed E-state index contributed by atoms with van der Waals surface area (Å²) in [5.74, 6) is 0. The number of hydrogen-bond donors (Lipinski definition) is 2. The van der Waals surface area contributed by atoms with E-state index in [1.807, 2.05) is 10.9 Å². The minimum atomic E-state index is 0.0894. The molecule has 0 saturated heterocycles. The van der Waals surface area contributed by atoms with Crippen LogP contribution < -0.4 is 5.32 Å². The standard InChI is InChI=1S/C8H14N2O2S/c11-2-4-12-3-1-9-5-8-6-13-7-10-8/h6-7,9,11H,1-5H2. The van der Waals surface area contributed by atoms with Crippen molar-refractivity contribution in [2.24, 2.45) is 0 Å². The number of rotatable bonds is 7. The van der Waals surface area contributed by atoms with E-state index in [0.717, 1.165) is 18.8 Å². The molecule has 0 aliphatic carbocycles. The van der Waals surface area contributed by atoms with E-state index >= 15 is 0 Å². The first kappa shape index (κ1) is 10.6. The van der Waals surface area contributed by atoms with Crippen LogP contribution in [-0.2, 0) is 11.3 Å². The number of ether oxygens (including phenoxy) is 1. The fourth-order valence-corrected chi connectivity index (χ4v) is 1.41. The van der Waals surface area contributed by atoms with Crippen LogP contribution in [0.25, 0.3) is 0 Å². The smallest absolute Gasteiger partial charge is 0.0795 e. The molecule has 0 spiro atoms. The lowest BCUT2D eigenvalue weighted by Crippen LogP contribution is -2.20. The van der Waals surface area contributed by atoms with E-state index in [9.17, 15) is 0 Å². The van der Waals surface area contributed by atoms with Gasteiger partial charge in [-0.1, -0.05) is 0 Å². The number of thiazole rings is 1. The Bertz CT molecular complexity index is 204. The van der Waals surface area contributed by atoms with Gasteiger partial charge in [0, 0.05) is 18.5 Å². The second kappa shape index (κ2) is 6.97. The molecule has 1 rings (SSSR count). The highest BCUT2D eigenvalue weighted by atomic mass is 32.1. The van der Waals surface area contributed by atoms with Crippen LogP contribution in [0.1, 0.15) is 5.69 Å². The molecule has 0 saturated carbocycles. The van der Waals surface area contributed by atoms with Crippen molar-refractivity contribution < 1.29 is 9.84 Å². The fraction of sp³-hybridized carbons (Fsp3) is 0.625. The summed E-state index contributed by atoms with van der Waals surface area (Å²) in [5, 5.41) is 13.6. The Labute approximate surface area is 81.6 Å². The molecule has 0 fully saturated rings. The Morgan fingerprint density at radius 3 is 3.15 bits per heavy atom. The van der Waals surface area contributed by atoms with E-state index in [1.165, 1.54) is 0 Å². The summed E-state index contributed by atoms with van der Waals surface area (Å²) < 4.78 is 5.07. The molecule has 0 unspecified atom stereocenters. The van der Waals surface area contributed by atoms with Crippen molar-refractivity contribution in [1.29, 1.82) is 0 Å². The van der Waals surface area contributed by atoms with Crippen LogP contribution in [0.5, 0.6) is 0 Å². The van der Waals surface area contributed by atoms with Crippen LogP contribution in [0.4, 0.5) is 0 Å². The van der Waals surface area contributed by atoms with Gasteiger partial charge in [0.05, 0.1) is 31.0 Å². The molecule has 0 aromatic carbocycles. The zero-order valence-corrected chi connectivity index (χ0v) is 8.22. The maximum atomic E-state index is 8.42. The molecular weight excluding hydrogens is 188 g/mol. The highest BCUT2D eigenvalue weighted by Gasteiger charge is 1.93. The maximum Gasteiger partial charge on any atom is 0.0795 e. The van der Waals surface area contributed by atoms with Gasteiger partial charge in [-0.05, 0) is 0 Å². The number of aliphatic hydroxyl groups is 1. The number of aromatic nitrogens is 1. The average Bonchev–Trinajstić information content (AvgIpc) is 2.63. The van der Waals surface area contributed by atoms with Crippen LogP contribution in [-0.4, -0.2) is 36.5 Å². The molecular formula is C8H14N2O2S. The quantitative estimate of drug-likeness (QED) is 0.622. The summed E-state index contributed by atoms with van der Waals surface area (Å²) in [4.78, 5) is 4.13. The fourth-order valence-electron chi connectivity index (χ4n) is 0.852. The van der Waals surface area contributed by atoms with Crippen LogP contribution >= 0.6 is 11.3 Å². The lowest BCUT2D eigenvalue weighted by Gasteiger charge is -2.02. The molecule has 0 bridgehead atoms. The molecule has 5 heteroatoms. The third-order valence-electron chi connectivity index (χ3n) is 1.45. The topological polar surface area (TPSA) is 54.4 Å². The Hall–Kier alpha value is -0.490. The number of nitrogens with one attached hydrogen (secondary N) is 1. The molecule has 2 N–H and O–H groups in total. The molecule has 1 aromatic rings. The third kappa shape index (κ3) is 4.94. The van der Waals surface area contributed by atoms with Gasteiger partial charge in [0.25, 0.3) is 0 Å². The van der Waals surface area contributed by atoms with Gasteiger partial charge < -0.3 is 15.2 Å². The number of nitrogens with zero attached hydrogens (tertiary/aromatic N) is 1. The third-order valence-corrected chi connectivity index (χ3v) is 2.08.